The third kappa shape index (κ3) is 2.15. The van der Waals surface area contributed by atoms with E-state index in [4.69, 9.17) is 4.74 Å². The molecule has 0 aliphatic carbocycles. The molecule has 1 aromatic rings. The van der Waals surface area contributed by atoms with Gasteiger partial charge in [-0.1, -0.05) is 25.1 Å². The Kier molecular flexibility index (Phi) is 3.27. The molecule has 0 spiro atoms. The zero-order valence-corrected chi connectivity index (χ0v) is 9.49. The molecule has 15 heavy (non-hydrogen) atoms. The van der Waals surface area contributed by atoms with Gasteiger partial charge in [0.05, 0.1) is 7.11 Å². The van der Waals surface area contributed by atoms with Crippen molar-refractivity contribution in [2.24, 2.45) is 0 Å². The Morgan fingerprint density at radius 2 is 2.20 bits per heavy atom. The van der Waals surface area contributed by atoms with Gasteiger partial charge in [0, 0.05) is 12.0 Å². The van der Waals surface area contributed by atoms with Gasteiger partial charge < -0.3 is 10.1 Å². The monoisotopic (exact) mass is 205 g/mol. The lowest BCUT2D eigenvalue weighted by atomic mass is 9.92. The highest BCUT2D eigenvalue weighted by Crippen LogP contribution is 2.31. The molecule has 1 aromatic carbocycles. The fourth-order valence-electron chi connectivity index (χ4n) is 2.40. The fourth-order valence-corrected chi connectivity index (χ4v) is 2.40. The predicted molar refractivity (Wildman–Crippen MR) is 62.4 cm³/mol. The lowest BCUT2D eigenvalue weighted by Gasteiger charge is -2.21. The van der Waals surface area contributed by atoms with Gasteiger partial charge in [-0.05, 0) is 31.0 Å². The number of hydrogen-bond donors (Lipinski definition) is 1. The van der Waals surface area contributed by atoms with E-state index in [-0.39, 0.29) is 0 Å². The van der Waals surface area contributed by atoms with E-state index in [9.17, 15) is 0 Å². The van der Waals surface area contributed by atoms with Crippen molar-refractivity contribution in [1.82, 2.24) is 5.32 Å². The minimum atomic E-state index is 0.531. The number of benzene rings is 1. The van der Waals surface area contributed by atoms with Crippen LogP contribution in [0.25, 0.3) is 0 Å². The van der Waals surface area contributed by atoms with Gasteiger partial charge in [0.1, 0.15) is 5.75 Å². The van der Waals surface area contributed by atoms with Crippen LogP contribution < -0.4 is 10.1 Å². The van der Waals surface area contributed by atoms with Crippen LogP contribution in [0.1, 0.15) is 31.2 Å². The van der Waals surface area contributed by atoms with Gasteiger partial charge in [-0.15, -0.1) is 0 Å². The summed E-state index contributed by atoms with van der Waals surface area (Å²) in [5.74, 6) is 1.54. The molecule has 1 N–H and O–H groups in total. The molecule has 0 saturated carbocycles. The molecule has 2 unspecified atom stereocenters. The van der Waals surface area contributed by atoms with Gasteiger partial charge in [0.25, 0.3) is 0 Å². The third-order valence-corrected chi connectivity index (χ3v) is 3.33. The number of ether oxygens (including phenoxy) is 1. The Morgan fingerprint density at radius 1 is 1.40 bits per heavy atom. The molecule has 82 valence electrons. The second kappa shape index (κ2) is 4.67. The summed E-state index contributed by atoms with van der Waals surface area (Å²) in [6, 6.07) is 8.94. The average molecular weight is 205 g/mol. The van der Waals surface area contributed by atoms with Crippen molar-refractivity contribution >= 4 is 0 Å². The standard InChI is InChI=1S/C13H19NO/c1-10(12-7-5-9-14-12)11-6-3-4-8-13(11)15-2/h3-4,6,8,10,12,14H,5,7,9H2,1-2H3. The Bertz CT molecular complexity index is 318. The van der Waals surface area contributed by atoms with Crippen LogP contribution in [0.15, 0.2) is 24.3 Å². The summed E-state index contributed by atoms with van der Waals surface area (Å²) in [7, 11) is 1.74. The number of rotatable bonds is 3. The lowest BCUT2D eigenvalue weighted by molar-refractivity contribution is 0.399. The average Bonchev–Trinajstić information content (AvgIpc) is 2.81. The van der Waals surface area contributed by atoms with Crippen molar-refractivity contribution < 1.29 is 4.74 Å². The normalized spacial score (nSPS) is 22.7. The van der Waals surface area contributed by atoms with Crippen LogP contribution in [0, 0.1) is 0 Å². The summed E-state index contributed by atoms with van der Waals surface area (Å²) in [5.41, 5.74) is 1.32. The Morgan fingerprint density at radius 3 is 2.87 bits per heavy atom. The van der Waals surface area contributed by atoms with E-state index in [1.54, 1.807) is 7.11 Å². The van der Waals surface area contributed by atoms with Gasteiger partial charge in [-0.25, -0.2) is 0 Å². The number of nitrogens with one attached hydrogen (secondary N) is 1. The van der Waals surface area contributed by atoms with E-state index in [0.29, 0.717) is 12.0 Å². The number of para-hydroxylation sites is 1. The van der Waals surface area contributed by atoms with E-state index >= 15 is 0 Å². The van der Waals surface area contributed by atoms with Gasteiger partial charge in [0.2, 0.25) is 0 Å². The smallest absolute Gasteiger partial charge is 0.122 e. The third-order valence-electron chi connectivity index (χ3n) is 3.33. The van der Waals surface area contributed by atoms with E-state index in [1.165, 1.54) is 18.4 Å². The van der Waals surface area contributed by atoms with Gasteiger partial charge in [-0.3, -0.25) is 0 Å². The summed E-state index contributed by atoms with van der Waals surface area (Å²) in [6.07, 6.45) is 2.57. The van der Waals surface area contributed by atoms with E-state index < -0.39 is 0 Å². The first-order chi connectivity index (χ1) is 7.33. The summed E-state index contributed by atoms with van der Waals surface area (Å²) in [5, 5.41) is 3.55. The maximum absolute atomic E-state index is 5.40. The molecular weight excluding hydrogens is 186 g/mol. The molecular formula is C13H19NO. The molecule has 2 heteroatoms. The summed E-state index contributed by atoms with van der Waals surface area (Å²) < 4.78 is 5.40. The van der Waals surface area contributed by atoms with Crippen molar-refractivity contribution in [2.75, 3.05) is 13.7 Å². The van der Waals surface area contributed by atoms with Crippen LogP contribution in [-0.4, -0.2) is 19.7 Å². The largest absolute Gasteiger partial charge is 0.496 e. The Labute approximate surface area is 91.6 Å². The highest BCUT2D eigenvalue weighted by Gasteiger charge is 2.23. The van der Waals surface area contributed by atoms with Gasteiger partial charge in [-0.2, -0.15) is 0 Å². The number of methoxy groups -OCH3 is 1. The first kappa shape index (κ1) is 10.5. The van der Waals surface area contributed by atoms with Crippen LogP contribution in [0.4, 0.5) is 0 Å². The molecule has 1 aliphatic rings. The Hall–Kier alpha value is -1.02. The molecule has 1 saturated heterocycles. The van der Waals surface area contributed by atoms with Gasteiger partial charge in [0.15, 0.2) is 0 Å². The summed E-state index contributed by atoms with van der Waals surface area (Å²) in [6.45, 7) is 3.44. The first-order valence-electron chi connectivity index (χ1n) is 5.69. The zero-order valence-electron chi connectivity index (χ0n) is 9.49. The highest BCUT2D eigenvalue weighted by atomic mass is 16.5. The fraction of sp³-hybridized carbons (Fsp3) is 0.538. The van der Waals surface area contributed by atoms with Crippen LogP contribution in [0.3, 0.4) is 0 Å². The minimum Gasteiger partial charge on any atom is -0.496 e. The summed E-state index contributed by atoms with van der Waals surface area (Å²) >= 11 is 0. The van der Waals surface area contributed by atoms with Crippen LogP contribution in [-0.2, 0) is 0 Å². The molecule has 1 heterocycles. The van der Waals surface area contributed by atoms with Crippen LogP contribution in [0.5, 0.6) is 5.75 Å². The lowest BCUT2D eigenvalue weighted by Crippen LogP contribution is -2.27. The minimum absolute atomic E-state index is 0.531. The highest BCUT2D eigenvalue weighted by molar-refractivity contribution is 5.36. The first-order valence-corrected chi connectivity index (χ1v) is 5.69. The molecule has 0 aromatic heterocycles. The topological polar surface area (TPSA) is 21.3 Å². The zero-order chi connectivity index (χ0) is 10.7. The second-order valence-corrected chi connectivity index (χ2v) is 4.23. The molecule has 1 fully saturated rings. The van der Waals surface area contributed by atoms with Crippen molar-refractivity contribution in [3.8, 4) is 5.75 Å². The van der Waals surface area contributed by atoms with Crippen molar-refractivity contribution in [2.45, 2.75) is 31.7 Å². The number of hydrogen-bond acceptors (Lipinski definition) is 2. The maximum atomic E-state index is 5.40. The SMILES string of the molecule is COc1ccccc1C(C)C1CCCN1. The molecule has 2 atom stereocenters. The van der Waals surface area contributed by atoms with Crippen molar-refractivity contribution in [1.29, 1.82) is 0 Å². The van der Waals surface area contributed by atoms with E-state index in [0.717, 1.165) is 12.3 Å². The van der Waals surface area contributed by atoms with E-state index in [2.05, 4.69) is 24.4 Å². The molecule has 0 amide bonds. The molecule has 2 nitrogen and oxygen atoms in total. The van der Waals surface area contributed by atoms with Crippen molar-refractivity contribution in [3.05, 3.63) is 29.8 Å². The summed E-state index contributed by atoms with van der Waals surface area (Å²) in [4.78, 5) is 0. The maximum Gasteiger partial charge on any atom is 0.122 e. The Balaban J connectivity index is 2.19. The predicted octanol–water partition coefficient (Wildman–Crippen LogP) is 2.55. The van der Waals surface area contributed by atoms with Crippen molar-refractivity contribution in [3.63, 3.8) is 0 Å². The second-order valence-electron chi connectivity index (χ2n) is 4.23. The van der Waals surface area contributed by atoms with Crippen LogP contribution >= 0.6 is 0 Å². The van der Waals surface area contributed by atoms with Gasteiger partial charge >= 0.3 is 0 Å². The molecule has 2 rings (SSSR count). The molecule has 1 aliphatic heterocycles. The quantitative estimate of drug-likeness (QED) is 0.818. The molecule has 0 bridgehead atoms. The van der Waals surface area contributed by atoms with Crippen LogP contribution in [0.2, 0.25) is 0 Å². The molecule has 0 radical (unpaired) electrons. The van der Waals surface area contributed by atoms with E-state index in [1.807, 2.05) is 12.1 Å².